The van der Waals surface area contributed by atoms with Crippen LogP contribution in [0.2, 0.25) is 0 Å². The summed E-state index contributed by atoms with van der Waals surface area (Å²) in [5.74, 6) is 4.54. The minimum atomic E-state index is -0.742. The lowest BCUT2D eigenvalue weighted by Crippen LogP contribution is -2.28. The molecule has 0 radical (unpaired) electrons. The lowest BCUT2D eigenvalue weighted by Gasteiger charge is -2.27. The van der Waals surface area contributed by atoms with Gasteiger partial charge in [0.2, 0.25) is 11.8 Å². The summed E-state index contributed by atoms with van der Waals surface area (Å²) in [6, 6.07) is 0. The lowest BCUT2D eigenvalue weighted by molar-refractivity contribution is -0.129. The van der Waals surface area contributed by atoms with Gasteiger partial charge in [0.15, 0.2) is 0 Å². The standard InChI is InChI=1S/C24H35NO5/c1-5-6-15-24(3,4)22(29)14-13-19-18(20(27)16-21(19)28)11-9-7-8-10-12-23(30)25-17(2)26/h7,9,13-14,18-19,21-22,28-29H,8,10-12,15-16H2,1-4H3,(H,25,26,30)/b9-7-,14-13+/t18-,19-,21-,22-/m1/s1. The second-order valence-electron chi connectivity index (χ2n) is 8.55. The molecule has 3 N–H and O–H groups in total. The molecule has 0 aromatic rings. The molecule has 4 atom stereocenters. The molecular formula is C24H35NO5. The van der Waals surface area contributed by atoms with Gasteiger partial charge in [0.05, 0.1) is 12.2 Å². The summed E-state index contributed by atoms with van der Waals surface area (Å²) in [4.78, 5) is 34.5. The van der Waals surface area contributed by atoms with E-state index in [2.05, 4.69) is 17.2 Å². The van der Waals surface area contributed by atoms with Crippen LogP contribution >= 0.6 is 0 Å². The smallest absolute Gasteiger partial charge is 0.226 e. The van der Waals surface area contributed by atoms with E-state index in [0.717, 1.165) is 0 Å². The van der Waals surface area contributed by atoms with E-state index in [-0.39, 0.29) is 42.3 Å². The van der Waals surface area contributed by atoms with Gasteiger partial charge in [-0.05, 0) is 26.2 Å². The van der Waals surface area contributed by atoms with Crippen molar-refractivity contribution in [2.75, 3.05) is 0 Å². The van der Waals surface area contributed by atoms with E-state index in [1.54, 1.807) is 19.1 Å². The maximum absolute atomic E-state index is 12.3. The van der Waals surface area contributed by atoms with Crippen LogP contribution < -0.4 is 5.32 Å². The molecule has 1 rings (SSSR count). The largest absolute Gasteiger partial charge is 0.392 e. The summed E-state index contributed by atoms with van der Waals surface area (Å²) in [6.45, 7) is 6.92. The summed E-state index contributed by atoms with van der Waals surface area (Å²) in [5, 5.41) is 23.0. The van der Waals surface area contributed by atoms with Gasteiger partial charge >= 0.3 is 0 Å². The Morgan fingerprint density at radius 1 is 1.33 bits per heavy atom. The third kappa shape index (κ3) is 8.64. The Hall–Kier alpha value is -2.23. The number of hydrogen-bond acceptors (Lipinski definition) is 5. The number of amides is 2. The molecule has 0 aliphatic heterocycles. The average Bonchev–Trinajstić information content (AvgIpc) is 2.92. The lowest BCUT2D eigenvalue weighted by atomic mass is 9.82. The van der Waals surface area contributed by atoms with E-state index >= 15 is 0 Å². The van der Waals surface area contributed by atoms with E-state index in [1.165, 1.54) is 6.92 Å². The first kappa shape index (κ1) is 25.8. The van der Waals surface area contributed by atoms with Gasteiger partial charge in [-0.1, -0.05) is 38.2 Å². The zero-order valence-corrected chi connectivity index (χ0v) is 18.5. The van der Waals surface area contributed by atoms with Crippen LogP contribution in [0.4, 0.5) is 0 Å². The molecule has 6 heteroatoms. The first-order valence-electron chi connectivity index (χ1n) is 10.5. The fourth-order valence-corrected chi connectivity index (χ4v) is 3.44. The molecule has 1 saturated carbocycles. The summed E-state index contributed by atoms with van der Waals surface area (Å²) in [7, 11) is 0. The summed E-state index contributed by atoms with van der Waals surface area (Å²) in [5.41, 5.74) is -0.419. The molecule has 2 amide bonds. The Labute approximate surface area is 179 Å². The number of nitrogens with one attached hydrogen (secondary N) is 1. The SMILES string of the molecule is CC#CCC(C)(C)[C@H](O)/C=C/[C@H]1[C@H](O)CC(=O)[C@@H]1C/C=C\CCCC(=O)NC(C)=O. The molecule has 0 spiro atoms. The van der Waals surface area contributed by atoms with Gasteiger partial charge in [-0.15, -0.1) is 11.8 Å². The highest BCUT2D eigenvalue weighted by atomic mass is 16.3. The first-order chi connectivity index (χ1) is 14.1. The van der Waals surface area contributed by atoms with Crippen LogP contribution in [0.5, 0.6) is 0 Å². The maximum atomic E-state index is 12.3. The van der Waals surface area contributed by atoms with E-state index < -0.39 is 17.6 Å². The van der Waals surface area contributed by atoms with Gasteiger partial charge < -0.3 is 10.2 Å². The van der Waals surface area contributed by atoms with Crippen molar-refractivity contribution in [3.05, 3.63) is 24.3 Å². The van der Waals surface area contributed by atoms with Gasteiger partial charge in [0, 0.05) is 43.4 Å². The van der Waals surface area contributed by atoms with Crippen molar-refractivity contribution >= 4 is 17.6 Å². The molecule has 6 nitrogen and oxygen atoms in total. The van der Waals surface area contributed by atoms with Crippen molar-refractivity contribution in [3.8, 4) is 11.8 Å². The fourth-order valence-electron chi connectivity index (χ4n) is 3.44. The van der Waals surface area contributed by atoms with Crippen molar-refractivity contribution in [3.63, 3.8) is 0 Å². The number of aliphatic hydroxyl groups is 2. The average molecular weight is 418 g/mol. The Bertz CT molecular complexity index is 726. The minimum Gasteiger partial charge on any atom is -0.392 e. The quantitative estimate of drug-likeness (QED) is 0.288. The van der Waals surface area contributed by atoms with E-state index in [1.807, 2.05) is 26.0 Å². The number of allylic oxidation sites excluding steroid dienone is 2. The Morgan fingerprint density at radius 2 is 2.03 bits per heavy atom. The zero-order valence-electron chi connectivity index (χ0n) is 18.5. The Balaban J connectivity index is 2.59. The van der Waals surface area contributed by atoms with Crippen molar-refractivity contribution in [1.29, 1.82) is 0 Å². The monoisotopic (exact) mass is 417 g/mol. The van der Waals surface area contributed by atoms with Crippen LogP contribution in [0.25, 0.3) is 0 Å². The first-order valence-corrected chi connectivity index (χ1v) is 10.5. The second-order valence-corrected chi connectivity index (χ2v) is 8.55. The molecular weight excluding hydrogens is 382 g/mol. The maximum Gasteiger partial charge on any atom is 0.226 e. The third-order valence-corrected chi connectivity index (χ3v) is 5.42. The van der Waals surface area contributed by atoms with E-state index in [4.69, 9.17) is 0 Å². The van der Waals surface area contributed by atoms with E-state index in [9.17, 15) is 24.6 Å². The number of carbonyl (C=O) groups excluding carboxylic acids is 3. The van der Waals surface area contributed by atoms with Crippen molar-refractivity contribution < 1.29 is 24.6 Å². The van der Waals surface area contributed by atoms with Crippen molar-refractivity contribution in [1.82, 2.24) is 5.32 Å². The summed E-state index contributed by atoms with van der Waals surface area (Å²) in [6.07, 6.45) is 8.53. The number of hydrogen-bond donors (Lipinski definition) is 3. The fraction of sp³-hybridized carbons (Fsp3) is 0.625. The number of imide groups is 1. The molecule has 1 fully saturated rings. The van der Waals surface area contributed by atoms with Crippen LogP contribution in [-0.2, 0) is 14.4 Å². The molecule has 0 heterocycles. The highest BCUT2D eigenvalue weighted by Crippen LogP contribution is 2.34. The normalized spacial score (nSPS) is 22.9. The zero-order chi connectivity index (χ0) is 22.7. The molecule has 1 aliphatic carbocycles. The Morgan fingerprint density at radius 3 is 2.67 bits per heavy atom. The molecule has 30 heavy (non-hydrogen) atoms. The molecule has 166 valence electrons. The van der Waals surface area contributed by atoms with Crippen LogP contribution in [-0.4, -0.2) is 40.0 Å². The van der Waals surface area contributed by atoms with E-state index in [0.29, 0.717) is 25.7 Å². The van der Waals surface area contributed by atoms with Gasteiger partial charge in [-0.25, -0.2) is 0 Å². The molecule has 0 saturated heterocycles. The summed E-state index contributed by atoms with van der Waals surface area (Å²) < 4.78 is 0. The van der Waals surface area contributed by atoms with Gasteiger partial charge in [-0.3, -0.25) is 19.7 Å². The van der Waals surface area contributed by atoms with Crippen LogP contribution in [0.1, 0.15) is 66.2 Å². The highest BCUT2D eigenvalue weighted by molar-refractivity contribution is 5.93. The second kappa shape index (κ2) is 12.5. The number of Topliss-reactive ketones (excluding diaryl/α,β-unsaturated/α-hetero) is 1. The van der Waals surface area contributed by atoms with Crippen molar-refractivity contribution in [2.45, 2.75) is 78.4 Å². The van der Waals surface area contributed by atoms with Crippen LogP contribution in [0.15, 0.2) is 24.3 Å². The van der Waals surface area contributed by atoms with Gasteiger partial charge in [0.25, 0.3) is 0 Å². The number of carbonyl (C=O) groups is 3. The van der Waals surface area contributed by atoms with Gasteiger partial charge in [-0.2, -0.15) is 0 Å². The Kier molecular flexibility index (Phi) is 10.7. The number of rotatable bonds is 10. The molecule has 0 aromatic heterocycles. The number of ketones is 1. The summed E-state index contributed by atoms with van der Waals surface area (Å²) >= 11 is 0. The molecule has 0 aromatic carbocycles. The highest BCUT2D eigenvalue weighted by Gasteiger charge is 2.39. The molecule has 1 aliphatic rings. The number of aliphatic hydroxyl groups excluding tert-OH is 2. The molecule has 0 unspecified atom stereocenters. The minimum absolute atomic E-state index is 0.0215. The van der Waals surface area contributed by atoms with Gasteiger partial charge in [0.1, 0.15) is 5.78 Å². The predicted molar refractivity (Wildman–Crippen MR) is 116 cm³/mol. The van der Waals surface area contributed by atoms with Crippen LogP contribution in [0.3, 0.4) is 0 Å². The predicted octanol–water partition coefficient (Wildman–Crippen LogP) is 2.69. The van der Waals surface area contributed by atoms with Crippen LogP contribution in [0, 0.1) is 29.1 Å². The third-order valence-electron chi connectivity index (χ3n) is 5.42. The number of unbranched alkanes of at least 4 members (excludes halogenated alkanes) is 1. The van der Waals surface area contributed by atoms with Crippen molar-refractivity contribution in [2.24, 2.45) is 17.3 Å². The topological polar surface area (TPSA) is 104 Å². The molecule has 0 bridgehead atoms.